The molecule has 0 aromatic rings. The molecule has 23 heavy (non-hydrogen) atoms. The van der Waals surface area contributed by atoms with E-state index in [1.807, 2.05) is 0 Å². The van der Waals surface area contributed by atoms with Crippen molar-refractivity contribution in [1.82, 2.24) is 0 Å². The van der Waals surface area contributed by atoms with Crippen LogP contribution in [0.15, 0.2) is 0 Å². The molecule has 0 fully saturated rings. The van der Waals surface area contributed by atoms with Gasteiger partial charge < -0.3 is 0 Å². The van der Waals surface area contributed by atoms with Crippen LogP contribution in [0.5, 0.6) is 0 Å². The minimum atomic E-state index is 0.352. The van der Waals surface area contributed by atoms with E-state index in [2.05, 4.69) is 13.8 Å². The first-order valence-electron chi connectivity index (χ1n) is 10.7. The molecule has 1 nitrogen and oxygen atoms in total. The number of hydrogen-bond acceptors (Lipinski definition) is 1. The molecule has 1 atom stereocenters. The van der Waals surface area contributed by atoms with E-state index in [4.69, 9.17) is 0 Å². The van der Waals surface area contributed by atoms with Gasteiger partial charge in [-0.1, -0.05) is 110 Å². The summed E-state index contributed by atoms with van der Waals surface area (Å²) in [4.78, 5) is 11.7. The maximum absolute atomic E-state index is 11.7. The molecule has 0 N–H and O–H groups in total. The van der Waals surface area contributed by atoms with Gasteiger partial charge in [0.05, 0.1) is 0 Å². The van der Waals surface area contributed by atoms with Crippen LogP contribution in [0.3, 0.4) is 0 Å². The molecule has 0 aliphatic heterocycles. The van der Waals surface area contributed by atoms with Crippen molar-refractivity contribution in [3.05, 3.63) is 0 Å². The van der Waals surface area contributed by atoms with Crippen molar-refractivity contribution in [1.29, 1.82) is 0 Å². The summed E-state index contributed by atoms with van der Waals surface area (Å²) < 4.78 is 0. The summed E-state index contributed by atoms with van der Waals surface area (Å²) in [6.45, 7) is 6.32. The highest BCUT2D eigenvalue weighted by Crippen LogP contribution is 2.20. The van der Waals surface area contributed by atoms with Crippen molar-refractivity contribution in [2.45, 2.75) is 130 Å². The molecule has 0 aliphatic carbocycles. The topological polar surface area (TPSA) is 17.1 Å². The second kappa shape index (κ2) is 18.0. The molecular formula is C22H44O. The quantitative estimate of drug-likeness (QED) is 0.234. The normalized spacial score (nSPS) is 12.5. The molecule has 138 valence electrons. The summed E-state index contributed by atoms with van der Waals surface area (Å²) in [6, 6.07) is 0. The zero-order valence-corrected chi connectivity index (χ0v) is 16.5. The predicted octanol–water partition coefficient (Wildman–Crippen LogP) is 7.86. The van der Waals surface area contributed by atoms with Crippen molar-refractivity contribution in [2.75, 3.05) is 0 Å². The van der Waals surface area contributed by atoms with Crippen LogP contribution >= 0.6 is 0 Å². The van der Waals surface area contributed by atoms with Gasteiger partial charge in [0.15, 0.2) is 0 Å². The Balaban J connectivity index is 3.40. The maximum Gasteiger partial charge on any atom is 0.132 e. The van der Waals surface area contributed by atoms with E-state index in [0.29, 0.717) is 11.7 Å². The second-order valence-electron chi connectivity index (χ2n) is 7.48. The Morgan fingerprint density at radius 3 is 1.22 bits per heavy atom. The lowest BCUT2D eigenvalue weighted by Crippen LogP contribution is -2.10. The average Bonchev–Trinajstić information content (AvgIpc) is 2.54. The van der Waals surface area contributed by atoms with Crippen LogP contribution in [-0.2, 0) is 4.79 Å². The lowest BCUT2D eigenvalue weighted by Gasteiger charge is -2.13. The highest BCUT2D eigenvalue weighted by Gasteiger charge is 2.13. The molecule has 1 unspecified atom stereocenters. The Morgan fingerprint density at radius 1 is 0.565 bits per heavy atom. The van der Waals surface area contributed by atoms with Gasteiger partial charge >= 0.3 is 0 Å². The van der Waals surface area contributed by atoms with Crippen LogP contribution in [0.2, 0.25) is 0 Å². The zero-order valence-electron chi connectivity index (χ0n) is 16.5. The van der Waals surface area contributed by atoms with E-state index >= 15 is 0 Å². The van der Waals surface area contributed by atoms with Crippen molar-refractivity contribution in [3.63, 3.8) is 0 Å². The number of carbonyl (C=O) groups excluding carboxylic acids is 1. The maximum atomic E-state index is 11.7. The molecular weight excluding hydrogens is 280 g/mol. The Morgan fingerprint density at radius 2 is 0.870 bits per heavy atom. The number of Topliss-reactive ketones (excluding diaryl/α,β-unsaturated/α-hetero) is 1. The largest absolute Gasteiger partial charge is 0.300 e. The van der Waals surface area contributed by atoms with E-state index in [-0.39, 0.29) is 0 Å². The molecule has 0 amide bonds. The van der Waals surface area contributed by atoms with Gasteiger partial charge in [0.25, 0.3) is 0 Å². The number of hydrogen-bond donors (Lipinski definition) is 0. The van der Waals surface area contributed by atoms with Gasteiger partial charge in [-0.2, -0.15) is 0 Å². The molecule has 0 heterocycles. The number of ketones is 1. The average molecular weight is 325 g/mol. The first-order chi connectivity index (χ1) is 11.2. The Kier molecular flexibility index (Phi) is 17.8. The van der Waals surface area contributed by atoms with Gasteiger partial charge in [0.2, 0.25) is 0 Å². The molecule has 0 rings (SSSR count). The summed E-state index contributed by atoms with van der Waals surface area (Å²) in [5, 5.41) is 0. The molecule has 1 heteroatoms. The van der Waals surface area contributed by atoms with Crippen LogP contribution in [-0.4, -0.2) is 5.78 Å². The lowest BCUT2D eigenvalue weighted by atomic mass is 9.91. The van der Waals surface area contributed by atoms with Crippen LogP contribution in [0.1, 0.15) is 130 Å². The van der Waals surface area contributed by atoms with E-state index in [1.165, 1.54) is 96.3 Å². The van der Waals surface area contributed by atoms with Crippen molar-refractivity contribution in [3.8, 4) is 0 Å². The van der Waals surface area contributed by atoms with Gasteiger partial charge in [-0.3, -0.25) is 4.79 Å². The van der Waals surface area contributed by atoms with Gasteiger partial charge in [0, 0.05) is 5.92 Å². The summed E-state index contributed by atoms with van der Waals surface area (Å²) in [5.74, 6) is 0.777. The van der Waals surface area contributed by atoms with Crippen LogP contribution < -0.4 is 0 Å². The van der Waals surface area contributed by atoms with Crippen LogP contribution in [0.25, 0.3) is 0 Å². The van der Waals surface area contributed by atoms with Crippen molar-refractivity contribution >= 4 is 5.78 Å². The fourth-order valence-corrected chi connectivity index (χ4v) is 3.42. The fourth-order valence-electron chi connectivity index (χ4n) is 3.42. The SMILES string of the molecule is CCCCCCCCCCCCCC(CCCCCC)C(C)=O. The van der Waals surface area contributed by atoms with E-state index in [9.17, 15) is 4.79 Å². The minimum Gasteiger partial charge on any atom is -0.300 e. The van der Waals surface area contributed by atoms with E-state index in [0.717, 1.165) is 12.8 Å². The first-order valence-corrected chi connectivity index (χ1v) is 10.7. The molecule has 0 radical (unpaired) electrons. The van der Waals surface area contributed by atoms with Crippen molar-refractivity contribution < 1.29 is 4.79 Å². The first kappa shape index (κ1) is 22.7. The Labute approximate surface area is 147 Å². The zero-order chi connectivity index (χ0) is 17.2. The molecule has 0 aromatic carbocycles. The predicted molar refractivity (Wildman–Crippen MR) is 104 cm³/mol. The number of rotatable bonds is 18. The standard InChI is InChI=1S/C22H44O/c1-4-6-8-10-11-12-13-14-15-16-18-20-22(21(3)23)19-17-9-7-5-2/h22H,4-20H2,1-3H3. The van der Waals surface area contributed by atoms with Gasteiger partial charge in [-0.25, -0.2) is 0 Å². The smallest absolute Gasteiger partial charge is 0.132 e. The Hall–Kier alpha value is -0.330. The van der Waals surface area contributed by atoms with Crippen LogP contribution in [0, 0.1) is 5.92 Å². The molecule has 0 aromatic heterocycles. The summed E-state index contributed by atoms with van der Waals surface area (Å²) >= 11 is 0. The number of carbonyl (C=O) groups is 1. The third kappa shape index (κ3) is 16.3. The third-order valence-electron chi connectivity index (χ3n) is 5.14. The lowest BCUT2D eigenvalue weighted by molar-refractivity contribution is -0.121. The van der Waals surface area contributed by atoms with Crippen LogP contribution in [0.4, 0.5) is 0 Å². The molecule has 0 saturated carbocycles. The molecule has 0 bridgehead atoms. The third-order valence-corrected chi connectivity index (χ3v) is 5.14. The van der Waals surface area contributed by atoms with Gasteiger partial charge in [-0.15, -0.1) is 0 Å². The highest BCUT2D eigenvalue weighted by atomic mass is 16.1. The van der Waals surface area contributed by atoms with Gasteiger partial charge in [-0.05, 0) is 19.8 Å². The van der Waals surface area contributed by atoms with Crippen molar-refractivity contribution in [2.24, 2.45) is 5.92 Å². The fraction of sp³-hybridized carbons (Fsp3) is 0.955. The molecule has 0 aliphatic rings. The molecule has 0 spiro atoms. The summed E-state index contributed by atoms with van der Waals surface area (Å²) in [7, 11) is 0. The second-order valence-corrected chi connectivity index (χ2v) is 7.48. The monoisotopic (exact) mass is 324 g/mol. The summed E-state index contributed by atoms with van der Waals surface area (Å²) in [5.41, 5.74) is 0. The van der Waals surface area contributed by atoms with Gasteiger partial charge in [0.1, 0.15) is 5.78 Å². The number of unbranched alkanes of at least 4 members (excludes halogenated alkanes) is 13. The summed E-state index contributed by atoms with van der Waals surface area (Å²) in [6.07, 6.45) is 22.7. The van der Waals surface area contributed by atoms with E-state index in [1.54, 1.807) is 6.92 Å². The van der Waals surface area contributed by atoms with E-state index < -0.39 is 0 Å². The Bertz CT molecular complexity index is 246. The minimum absolute atomic E-state index is 0.352. The molecule has 0 saturated heterocycles. The highest BCUT2D eigenvalue weighted by molar-refractivity contribution is 5.78.